The van der Waals surface area contributed by atoms with Crippen molar-refractivity contribution >= 4 is 34.3 Å². The second-order valence-corrected chi connectivity index (χ2v) is 11.8. The second kappa shape index (κ2) is 10.3. The number of carboxylic acid groups (broad SMARTS) is 1. The van der Waals surface area contributed by atoms with E-state index in [4.69, 9.17) is 14.2 Å². The summed E-state index contributed by atoms with van der Waals surface area (Å²) in [5, 5.41) is 30.1. The molecule has 14 heteroatoms. The Bertz CT molecular complexity index is 1760. The van der Waals surface area contributed by atoms with E-state index in [9.17, 15) is 34.1 Å². The summed E-state index contributed by atoms with van der Waals surface area (Å²) in [5.74, 6) is -2.81. The maximum absolute atomic E-state index is 15.7. The van der Waals surface area contributed by atoms with E-state index < -0.39 is 52.4 Å². The van der Waals surface area contributed by atoms with E-state index in [1.54, 1.807) is 9.47 Å². The molecule has 4 aliphatic rings. The third-order valence-corrected chi connectivity index (χ3v) is 8.75. The fraction of sp³-hybridized carbons (Fsp3) is 0.433. The van der Waals surface area contributed by atoms with Gasteiger partial charge in [0, 0.05) is 31.3 Å². The molecule has 3 N–H and O–H groups in total. The highest BCUT2D eigenvalue weighted by Crippen LogP contribution is 2.47. The predicted octanol–water partition coefficient (Wildman–Crippen LogP) is 2.80. The molecule has 3 fully saturated rings. The fourth-order valence-electron chi connectivity index (χ4n) is 6.37. The number of piperidine rings is 1. The van der Waals surface area contributed by atoms with Gasteiger partial charge in [0.25, 0.3) is 0 Å². The number of benzene rings is 2. The zero-order valence-electron chi connectivity index (χ0n) is 23.4. The molecule has 1 saturated carbocycles. The van der Waals surface area contributed by atoms with E-state index in [2.05, 4.69) is 0 Å². The third kappa shape index (κ3) is 4.68. The smallest absolute Gasteiger partial charge is 0.414 e. The van der Waals surface area contributed by atoms with Crippen LogP contribution in [0.15, 0.2) is 35.3 Å². The van der Waals surface area contributed by atoms with Gasteiger partial charge in [0.1, 0.15) is 36.2 Å². The van der Waals surface area contributed by atoms with Gasteiger partial charge >= 0.3 is 12.1 Å². The molecule has 0 bridgehead atoms. The van der Waals surface area contributed by atoms with E-state index in [1.165, 1.54) is 23.2 Å². The molecule has 2 aromatic carbocycles. The number of carboxylic acids is 1. The van der Waals surface area contributed by atoms with E-state index in [0.717, 1.165) is 25.0 Å². The van der Waals surface area contributed by atoms with Gasteiger partial charge in [-0.25, -0.2) is 18.4 Å². The highest BCUT2D eigenvalue weighted by molar-refractivity contribution is 5.97. The second-order valence-electron chi connectivity index (χ2n) is 11.8. The van der Waals surface area contributed by atoms with Crippen LogP contribution in [0.1, 0.15) is 42.1 Å². The highest BCUT2D eigenvalue weighted by Gasteiger charge is 2.44. The number of nitrogens with zero attached hydrogens (tertiary/aromatic N) is 3. The van der Waals surface area contributed by atoms with E-state index in [1.807, 2.05) is 0 Å². The Kier molecular flexibility index (Phi) is 6.66. The molecule has 3 aliphatic heterocycles. The summed E-state index contributed by atoms with van der Waals surface area (Å²) < 4.78 is 49.0. The maximum Gasteiger partial charge on any atom is 0.414 e. The largest absolute Gasteiger partial charge is 0.488 e. The Morgan fingerprint density at radius 2 is 1.93 bits per heavy atom. The molecule has 1 aliphatic carbocycles. The van der Waals surface area contributed by atoms with Crippen molar-refractivity contribution in [1.82, 2.24) is 4.57 Å². The Hall–Kier alpha value is -4.43. The van der Waals surface area contributed by atoms with Crippen LogP contribution in [-0.4, -0.2) is 82.6 Å². The number of hydrogen-bond donors (Lipinski definition) is 3. The van der Waals surface area contributed by atoms with Crippen LogP contribution in [0.5, 0.6) is 11.5 Å². The van der Waals surface area contributed by atoms with Crippen molar-refractivity contribution in [2.75, 3.05) is 42.7 Å². The maximum atomic E-state index is 15.7. The third-order valence-electron chi connectivity index (χ3n) is 8.75. The summed E-state index contributed by atoms with van der Waals surface area (Å²) in [6.07, 6.45) is 1.78. The molecule has 4 heterocycles. The monoisotopic (exact) mass is 613 g/mol. The zero-order valence-corrected chi connectivity index (χ0v) is 23.4. The van der Waals surface area contributed by atoms with Crippen molar-refractivity contribution in [3.05, 3.63) is 57.9 Å². The van der Waals surface area contributed by atoms with Gasteiger partial charge < -0.3 is 39.0 Å². The standard InChI is InChI=1S/C30H29F2N3O9/c31-21-7-16(35-10-18(12-36)44-29(35)40)3-4-23(21)43-14-30(41)5-6-33-17(9-30)13-42-27-24-19(8-22(32)25(27)33)26(37)20(28(38)39)11-34(24)15-1-2-15/h3-4,7-8,11,15,17-18,36,41H,1-2,5-6,9-10,12-14H2,(H,38,39)/t17-,18+,30-/m0/s1. The average molecular weight is 614 g/mol. The summed E-state index contributed by atoms with van der Waals surface area (Å²) in [6, 6.07) is 4.53. The van der Waals surface area contributed by atoms with Gasteiger partial charge in [0.2, 0.25) is 5.43 Å². The molecular formula is C30H29F2N3O9. The van der Waals surface area contributed by atoms with E-state index >= 15 is 4.39 Å². The molecule has 1 amide bonds. The minimum atomic E-state index is -1.39. The number of aromatic carboxylic acids is 1. The number of pyridine rings is 1. The number of halogens is 2. The van der Waals surface area contributed by atoms with Gasteiger partial charge in [0.15, 0.2) is 23.1 Å². The summed E-state index contributed by atoms with van der Waals surface area (Å²) in [6.45, 7) is -0.238. The van der Waals surface area contributed by atoms with Crippen molar-refractivity contribution in [3.8, 4) is 11.5 Å². The van der Waals surface area contributed by atoms with Crippen LogP contribution in [0.2, 0.25) is 0 Å². The molecule has 12 nitrogen and oxygen atoms in total. The molecule has 232 valence electrons. The summed E-state index contributed by atoms with van der Waals surface area (Å²) in [4.78, 5) is 39.7. The molecule has 0 unspecified atom stereocenters. The van der Waals surface area contributed by atoms with Crippen molar-refractivity contribution in [1.29, 1.82) is 0 Å². The lowest BCUT2D eigenvalue weighted by molar-refractivity contribution is -0.0401. The van der Waals surface area contributed by atoms with Crippen molar-refractivity contribution in [3.63, 3.8) is 0 Å². The van der Waals surface area contributed by atoms with Gasteiger partial charge in [0.05, 0.1) is 35.8 Å². The molecular weight excluding hydrogens is 584 g/mol. The van der Waals surface area contributed by atoms with Crippen LogP contribution < -0.4 is 24.7 Å². The van der Waals surface area contributed by atoms with Crippen molar-refractivity contribution in [2.24, 2.45) is 0 Å². The fourth-order valence-corrected chi connectivity index (χ4v) is 6.37. The van der Waals surface area contributed by atoms with Gasteiger partial charge in [-0.2, -0.15) is 0 Å². The quantitative estimate of drug-likeness (QED) is 0.363. The molecule has 3 aromatic rings. The first-order chi connectivity index (χ1) is 21.1. The first-order valence-corrected chi connectivity index (χ1v) is 14.3. The van der Waals surface area contributed by atoms with Crippen LogP contribution in [0.3, 0.4) is 0 Å². The summed E-state index contributed by atoms with van der Waals surface area (Å²) >= 11 is 0. The van der Waals surface area contributed by atoms with Crippen molar-refractivity contribution < 1.29 is 47.9 Å². The first kappa shape index (κ1) is 28.3. The SMILES string of the molecule is O=C(O)c1cn(C2CC2)c2c3c(c(F)cc2c1=O)N1CC[C@@](O)(COc2ccc(N4C[C@H](CO)OC4=O)cc2F)C[C@H]1CO3. The zero-order chi connectivity index (χ0) is 30.9. The number of anilines is 2. The number of carbonyl (C=O) groups is 2. The van der Waals surface area contributed by atoms with Gasteiger partial charge in [-0.15, -0.1) is 0 Å². The lowest BCUT2D eigenvalue weighted by atomic mass is 9.86. The number of rotatable bonds is 7. The van der Waals surface area contributed by atoms with Crippen LogP contribution in [0, 0.1) is 11.6 Å². The van der Waals surface area contributed by atoms with Crippen LogP contribution in [-0.2, 0) is 4.74 Å². The molecule has 0 spiro atoms. The number of carbonyl (C=O) groups excluding carboxylic acids is 1. The first-order valence-electron chi connectivity index (χ1n) is 14.3. The number of hydrogen-bond acceptors (Lipinski definition) is 9. The average Bonchev–Trinajstić information content (AvgIpc) is 3.77. The summed E-state index contributed by atoms with van der Waals surface area (Å²) in [7, 11) is 0. The minimum absolute atomic E-state index is 0.0215. The molecule has 0 radical (unpaired) electrons. The number of amides is 1. The lowest BCUT2D eigenvalue weighted by Crippen LogP contribution is -2.56. The number of fused-ring (bicyclic) bond motifs is 5. The number of aromatic nitrogens is 1. The van der Waals surface area contributed by atoms with Gasteiger partial charge in [-0.3, -0.25) is 9.69 Å². The van der Waals surface area contributed by atoms with E-state index in [-0.39, 0.29) is 80.1 Å². The Labute approximate surface area is 248 Å². The minimum Gasteiger partial charge on any atom is -0.488 e. The number of aliphatic hydroxyl groups excluding tert-OH is 1. The van der Waals surface area contributed by atoms with Crippen LogP contribution in [0.4, 0.5) is 25.0 Å². The van der Waals surface area contributed by atoms with Crippen LogP contribution >= 0.6 is 0 Å². The number of aliphatic hydroxyl groups is 2. The number of cyclic esters (lactones) is 1. The van der Waals surface area contributed by atoms with Crippen molar-refractivity contribution in [2.45, 2.75) is 49.5 Å². The topological polar surface area (TPSA) is 151 Å². The predicted molar refractivity (Wildman–Crippen MR) is 151 cm³/mol. The summed E-state index contributed by atoms with van der Waals surface area (Å²) in [5.41, 5.74) is -1.85. The Morgan fingerprint density at radius 3 is 2.61 bits per heavy atom. The van der Waals surface area contributed by atoms with Crippen LogP contribution in [0.25, 0.3) is 10.9 Å². The Balaban J connectivity index is 1.10. The lowest BCUT2D eigenvalue weighted by Gasteiger charge is -2.47. The molecule has 7 rings (SSSR count). The molecule has 44 heavy (non-hydrogen) atoms. The van der Waals surface area contributed by atoms with E-state index in [0.29, 0.717) is 5.52 Å². The molecule has 2 saturated heterocycles. The molecule has 3 atom stereocenters. The highest BCUT2D eigenvalue weighted by atomic mass is 19.1. The Morgan fingerprint density at radius 1 is 1.14 bits per heavy atom. The van der Waals surface area contributed by atoms with Gasteiger partial charge in [-0.05, 0) is 37.5 Å². The van der Waals surface area contributed by atoms with Gasteiger partial charge in [-0.1, -0.05) is 0 Å². The molecule has 1 aromatic heterocycles. The number of ether oxygens (including phenoxy) is 3. The normalized spacial score (nSPS) is 24.5.